The van der Waals surface area contributed by atoms with Gasteiger partial charge in [0.25, 0.3) is 0 Å². The third kappa shape index (κ3) is 3.11. The monoisotopic (exact) mass is 269 g/mol. The van der Waals surface area contributed by atoms with E-state index in [2.05, 4.69) is 36.5 Å². The molecule has 0 radical (unpaired) electrons. The minimum atomic E-state index is 0.0630. The van der Waals surface area contributed by atoms with Gasteiger partial charge >= 0.3 is 0 Å². The number of benzene rings is 2. The molecule has 1 atom stereocenters. The van der Waals surface area contributed by atoms with Gasteiger partial charge in [-0.3, -0.25) is 0 Å². The molecule has 1 heterocycles. The van der Waals surface area contributed by atoms with E-state index in [1.54, 1.807) is 0 Å². The normalized spacial score (nSPS) is 16.9. The maximum Gasteiger partial charge on any atom is 0.162 e. The average Bonchev–Trinajstić information content (AvgIpc) is 2.48. The summed E-state index contributed by atoms with van der Waals surface area (Å²) in [5.74, 6) is 1.69. The summed E-state index contributed by atoms with van der Waals surface area (Å²) in [6.07, 6.45) is 0.0630. The van der Waals surface area contributed by atoms with Crippen LogP contribution in [0.5, 0.6) is 11.5 Å². The fraction of sp³-hybridized carbons (Fsp3) is 0.294. The van der Waals surface area contributed by atoms with Crippen LogP contribution in [0.2, 0.25) is 0 Å². The van der Waals surface area contributed by atoms with Crippen molar-refractivity contribution >= 4 is 0 Å². The predicted octanol–water partition coefficient (Wildman–Crippen LogP) is 2.92. The summed E-state index contributed by atoms with van der Waals surface area (Å²) in [5, 5.41) is 3.41. The molecular formula is C17H19NO2. The Hall–Kier alpha value is -2.00. The van der Waals surface area contributed by atoms with Crippen molar-refractivity contribution in [2.45, 2.75) is 19.6 Å². The molecule has 2 aromatic carbocycles. The van der Waals surface area contributed by atoms with Crippen LogP contribution in [0.3, 0.4) is 0 Å². The zero-order valence-corrected chi connectivity index (χ0v) is 11.6. The van der Waals surface area contributed by atoms with Crippen molar-refractivity contribution < 1.29 is 9.47 Å². The van der Waals surface area contributed by atoms with Gasteiger partial charge in [-0.25, -0.2) is 0 Å². The second kappa shape index (κ2) is 5.97. The highest BCUT2D eigenvalue weighted by Gasteiger charge is 2.20. The third-order valence-electron chi connectivity index (χ3n) is 3.36. The van der Waals surface area contributed by atoms with Crippen LogP contribution in [0.25, 0.3) is 0 Å². The summed E-state index contributed by atoms with van der Waals surface area (Å²) in [4.78, 5) is 0. The SMILES string of the molecule is Cc1ccc2c(c1)O[C@H](CNCc1ccccc1)CO2. The maximum absolute atomic E-state index is 5.96. The quantitative estimate of drug-likeness (QED) is 0.925. The third-order valence-corrected chi connectivity index (χ3v) is 3.36. The lowest BCUT2D eigenvalue weighted by molar-refractivity contribution is 0.0901. The highest BCUT2D eigenvalue weighted by molar-refractivity contribution is 5.43. The molecule has 2 aromatic rings. The second-order valence-corrected chi connectivity index (χ2v) is 5.12. The highest BCUT2D eigenvalue weighted by Crippen LogP contribution is 2.32. The van der Waals surface area contributed by atoms with Crippen LogP contribution in [-0.2, 0) is 6.54 Å². The van der Waals surface area contributed by atoms with Crippen molar-refractivity contribution in [3.63, 3.8) is 0 Å². The molecular weight excluding hydrogens is 250 g/mol. The van der Waals surface area contributed by atoms with Crippen LogP contribution in [-0.4, -0.2) is 19.3 Å². The largest absolute Gasteiger partial charge is 0.486 e. The van der Waals surface area contributed by atoms with E-state index in [1.165, 1.54) is 11.1 Å². The van der Waals surface area contributed by atoms with Gasteiger partial charge in [-0.05, 0) is 30.2 Å². The van der Waals surface area contributed by atoms with Crippen LogP contribution in [0.1, 0.15) is 11.1 Å². The summed E-state index contributed by atoms with van der Waals surface area (Å²) in [5.41, 5.74) is 2.46. The van der Waals surface area contributed by atoms with E-state index < -0.39 is 0 Å². The van der Waals surface area contributed by atoms with E-state index in [0.717, 1.165) is 24.6 Å². The van der Waals surface area contributed by atoms with Crippen molar-refractivity contribution in [1.29, 1.82) is 0 Å². The van der Waals surface area contributed by atoms with Gasteiger partial charge in [-0.15, -0.1) is 0 Å². The van der Waals surface area contributed by atoms with E-state index in [-0.39, 0.29) is 6.10 Å². The van der Waals surface area contributed by atoms with Crippen molar-refractivity contribution in [2.24, 2.45) is 0 Å². The topological polar surface area (TPSA) is 30.5 Å². The highest BCUT2D eigenvalue weighted by atomic mass is 16.6. The molecule has 0 bridgehead atoms. The summed E-state index contributed by atoms with van der Waals surface area (Å²) >= 11 is 0. The Morgan fingerprint density at radius 2 is 1.95 bits per heavy atom. The van der Waals surface area contributed by atoms with Crippen LogP contribution in [0.4, 0.5) is 0 Å². The van der Waals surface area contributed by atoms with Gasteiger partial charge < -0.3 is 14.8 Å². The summed E-state index contributed by atoms with van der Waals surface area (Å²) in [6, 6.07) is 16.4. The number of hydrogen-bond donors (Lipinski definition) is 1. The number of ether oxygens (including phenoxy) is 2. The van der Waals surface area contributed by atoms with Crippen LogP contribution >= 0.6 is 0 Å². The number of fused-ring (bicyclic) bond motifs is 1. The minimum Gasteiger partial charge on any atom is -0.486 e. The minimum absolute atomic E-state index is 0.0630. The Kier molecular flexibility index (Phi) is 3.88. The standard InChI is InChI=1S/C17H19NO2/c1-13-7-8-16-17(9-13)20-15(12-19-16)11-18-10-14-5-3-2-4-6-14/h2-9,15,18H,10-12H2,1H3/t15-/m1/s1. The number of nitrogens with one attached hydrogen (secondary N) is 1. The fourth-order valence-electron chi connectivity index (χ4n) is 2.30. The lowest BCUT2D eigenvalue weighted by Gasteiger charge is -2.27. The summed E-state index contributed by atoms with van der Waals surface area (Å²) < 4.78 is 11.7. The second-order valence-electron chi connectivity index (χ2n) is 5.12. The number of rotatable bonds is 4. The summed E-state index contributed by atoms with van der Waals surface area (Å²) in [6.45, 7) is 4.28. The van der Waals surface area contributed by atoms with Gasteiger partial charge in [0.15, 0.2) is 11.5 Å². The van der Waals surface area contributed by atoms with Crippen LogP contribution in [0.15, 0.2) is 48.5 Å². The van der Waals surface area contributed by atoms with Crippen LogP contribution < -0.4 is 14.8 Å². The van der Waals surface area contributed by atoms with Gasteiger partial charge in [0, 0.05) is 13.1 Å². The molecule has 0 fully saturated rings. The first-order valence-corrected chi connectivity index (χ1v) is 6.96. The lowest BCUT2D eigenvalue weighted by Crippen LogP contribution is -2.38. The molecule has 0 aliphatic carbocycles. The Morgan fingerprint density at radius 1 is 1.10 bits per heavy atom. The zero-order chi connectivity index (χ0) is 13.8. The van der Waals surface area contributed by atoms with Gasteiger partial charge in [0.1, 0.15) is 12.7 Å². The molecule has 0 spiro atoms. The molecule has 1 aliphatic rings. The van der Waals surface area contributed by atoms with Gasteiger partial charge in [0.2, 0.25) is 0 Å². The first-order chi connectivity index (χ1) is 9.81. The summed E-state index contributed by atoms with van der Waals surface area (Å²) in [7, 11) is 0. The molecule has 1 aliphatic heterocycles. The van der Waals surface area contributed by atoms with Gasteiger partial charge in [-0.2, -0.15) is 0 Å². The molecule has 3 heteroatoms. The molecule has 0 aromatic heterocycles. The van der Waals surface area contributed by atoms with Crippen LogP contribution in [0, 0.1) is 6.92 Å². The van der Waals surface area contributed by atoms with Gasteiger partial charge in [0.05, 0.1) is 0 Å². The molecule has 0 amide bonds. The Morgan fingerprint density at radius 3 is 2.80 bits per heavy atom. The predicted molar refractivity (Wildman–Crippen MR) is 79.2 cm³/mol. The van der Waals surface area contributed by atoms with Crippen molar-refractivity contribution in [2.75, 3.05) is 13.2 Å². The Labute approximate surface area is 119 Å². The molecule has 20 heavy (non-hydrogen) atoms. The average molecular weight is 269 g/mol. The van der Waals surface area contributed by atoms with Crippen molar-refractivity contribution in [3.8, 4) is 11.5 Å². The molecule has 0 saturated carbocycles. The Bertz CT molecular complexity index is 568. The molecule has 3 nitrogen and oxygen atoms in total. The van der Waals surface area contributed by atoms with Crippen molar-refractivity contribution in [1.82, 2.24) is 5.32 Å². The van der Waals surface area contributed by atoms with E-state index in [0.29, 0.717) is 6.61 Å². The van der Waals surface area contributed by atoms with E-state index in [9.17, 15) is 0 Å². The molecule has 104 valence electrons. The first kappa shape index (κ1) is 13.0. The Balaban J connectivity index is 1.53. The van der Waals surface area contributed by atoms with Crippen molar-refractivity contribution in [3.05, 3.63) is 59.7 Å². The lowest BCUT2D eigenvalue weighted by atomic mass is 10.2. The number of hydrogen-bond acceptors (Lipinski definition) is 3. The fourth-order valence-corrected chi connectivity index (χ4v) is 2.30. The van der Waals surface area contributed by atoms with E-state index in [1.807, 2.05) is 24.3 Å². The molecule has 0 saturated heterocycles. The van der Waals surface area contributed by atoms with E-state index >= 15 is 0 Å². The number of aryl methyl sites for hydroxylation is 1. The molecule has 1 N–H and O–H groups in total. The smallest absolute Gasteiger partial charge is 0.162 e. The van der Waals surface area contributed by atoms with E-state index in [4.69, 9.17) is 9.47 Å². The van der Waals surface area contributed by atoms with Gasteiger partial charge in [-0.1, -0.05) is 36.4 Å². The molecule has 3 rings (SSSR count). The molecule has 0 unspecified atom stereocenters. The maximum atomic E-state index is 5.96. The zero-order valence-electron chi connectivity index (χ0n) is 11.6. The first-order valence-electron chi connectivity index (χ1n) is 6.96.